The lowest BCUT2D eigenvalue weighted by molar-refractivity contribution is 0.297. The molecule has 0 unspecified atom stereocenters. The minimum absolute atomic E-state index is 0.181. The highest BCUT2D eigenvalue weighted by atomic mass is 16.5. The number of benzene rings is 1. The van der Waals surface area contributed by atoms with Crippen LogP contribution in [0.5, 0.6) is 11.5 Å². The Labute approximate surface area is 145 Å². The van der Waals surface area contributed by atoms with Crippen LogP contribution < -0.4 is 9.47 Å². The van der Waals surface area contributed by atoms with E-state index in [1.54, 1.807) is 6.26 Å². The molecule has 130 valence electrons. The van der Waals surface area contributed by atoms with Crippen molar-refractivity contribution in [3.05, 3.63) is 30.4 Å². The Balaban J connectivity index is 1.63. The largest absolute Gasteiger partial charge is 0.490 e. The summed E-state index contributed by atoms with van der Waals surface area (Å²) >= 11 is 0. The van der Waals surface area contributed by atoms with Gasteiger partial charge in [0.25, 0.3) is 5.89 Å². The van der Waals surface area contributed by atoms with Crippen molar-refractivity contribution >= 4 is 0 Å². The summed E-state index contributed by atoms with van der Waals surface area (Å²) in [6.45, 7) is 7.37. The molecule has 1 aromatic carbocycles. The normalized spacial score (nSPS) is 14.4. The molecule has 1 aliphatic rings. The van der Waals surface area contributed by atoms with E-state index >= 15 is 0 Å². The highest BCUT2D eigenvalue weighted by molar-refractivity contribution is 5.61. The number of hydrogen-bond donors (Lipinski definition) is 0. The molecule has 1 aliphatic heterocycles. The van der Waals surface area contributed by atoms with Gasteiger partial charge in [-0.3, -0.25) is 0 Å². The predicted octanol–water partition coefficient (Wildman–Crippen LogP) is 3.85. The Kier molecular flexibility index (Phi) is 3.71. The zero-order valence-corrected chi connectivity index (χ0v) is 14.4. The molecule has 0 atom stereocenters. The van der Waals surface area contributed by atoms with Gasteiger partial charge in [-0.1, -0.05) is 25.9 Å². The average molecular weight is 341 g/mol. The number of rotatable bonds is 2. The van der Waals surface area contributed by atoms with E-state index in [1.807, 2.05) is 39.0 Å². The predicted molar refractivity (Wildman–Crippen MR) is 89.5 cm³/mol. The number of fused-ring (bicyclic) bond motifs is 1. The molecule has 0 fully saturated rings. The summed E-state index contributed by atoms with van der Waals surface area (Å²) in [6.07, 6.45) is 2.40. The van der Waals surface area contributed by atoms with Gasteiger partial charge in [0.15, 0.2) is 23.1 Å². The molecule has 0 aliphatic carbocycles. The molecular weight excluding hydrogens is 322 g/mol. The van der Waals surface area contributed by atoms with E-state index in [-0.39, 0.29) is 5.41 Å². The number of nitrogens with zero attached hydrogens (tertiary/aromatic N) is 3. The van der Waals surface area contributed by atoms with Crippen molar-refractivity contribution in [1.29, 1.82) is 0 Å². The van der Waals surface area contributed by atoms with Gasteiger partial charge in [-0.05, 0) is 18.2 Å². The Morgan fingerprint density at radius 2 is 1.80 bits per heavy atom. The van der Waals surface area contributed by atoms with Gasteiger partial charge < -0.3 is 18.4 Å². The van der Waals surface area contributed by atoms with Crippen LogP contribution in [-0.2, 0) is 5.41 Å². The third-order valence-electron chi connectivity index (χ3n) is 3.80. The summed E-state index contributed by atoms with van der Waals surface area (Å²) in [6, 6.07) is 5.57. The lowest BCUT2D eigenvalue weighted by Crippen LogP contribution is -2.11. The molecule has 0 bridgehead atoms. The Morgan fingerprint density at radius 1 is 1.00 bits per heavy atom. The van der Waals surface area contributed by atoms with Gasteiger partial charge in [0.2, 0.25) is 5.82 Å². The van der Waals surface area contributed by atoms with Crippen LogP contribution in [0.3, 0.4) is 0 Å². The molecule has 2 aromatic heterocycles. The lowest BCUT2D eigenvalue weighted by Gasteiger charge is -2.11. The number of aromatic nitrogens is 3. The van der Waals surface area contributed by atoms with Crippen molar-refractivity contribution in [2.45, 2.75) is 32.6 Å². The van der Waals surface area contributed by atoms with Crippen LogP contribution in [-0.4, -0.2) is 28.3 Å². The molecule has 0 saturated heterocycles. The van der Waals surface area contributed by atoms with Gasteiger partial charge in [-0.25, -0.2) is 4.98 Å². The van der Waals surface area contributed by atoms with Gasteiger partial charge >= 0.3 is 0 Å². The second-order valence-electron chi connectivity index (χ2n) is 6.92. The van der Waals surface area contributed by atoms with Crippen molar-refractivity contribution < 1.29 is 18.4 Å². The van der Waals surface area contributed by atoms with E-state index in [9.17, 15) is 0 Å². The Bertz CT molecular complexity index is 892. The monoisotopic (exact) mass is 341 g/mol. The third kappa shape index (κ3) is 3.09. The van der Waals surface area contributed by atoms with E-state index in [0.717, 1.165) is 17.7 Å². The average Bonchev–Trinajstić information content (AvgIpc) is 3.19. The van der Waals surface area contributed by atoms with Crippen molar-refractivity contribution in [1.82, 2.24) is 15.1 Å². The van der Waals surface area contributed by atoms with Crippen LogP contribution in [0, 0.1) is 0 Å². The zero-order chi connectivity index (χ0) is 17.4. The quantitative estimate of drug-likeness (QED) is 0.700. The first-order valence-electron chi connectivity index (χ1n) is 8.21. The van der Waals surface area contributed by atoms with E-state index in [1.165, 1.54) is 0 Å². The van der Waals surface area contributed by atoms with Crippen molar-refractivity contribution in [3.63, 3.8) is 0 Å². The summed E-state index contributed by atoms with van der Waals surface area (Å²) in [7, 11) is 0. The zero-order valence-electron chi connectivity index (χ0n) is 14.4. The second-order valence-corrected chi connectivity index (χ2v) is 6.92. The molecule has 3 heterocycles. The van der Waals surface area contributed by atoms with E-state index < -0.39 is 0 Å². The molecule has 25 heavy (non-hydrogen) atoms. The molecule has 3 aromatic rings. The van der Waals surface area contributed by atoms with E-state index in [0.29, 0.717) is 42.3 Å². The van der Waals surface area contributed by atoms with Crippen LogP contribution in [0.25, 0.3) is 23.0 Å². The third-order valence-corrected chi connectivity index (χ3v) is 3.80. The van der Waals surface area contributed by atoms with E-state index in [4.69, 9.17) is 18.4 Å². The smallest absolute Gasteiger partial charge is 0.258 e. The van der Waals surface area contributed by atoms with Crippen molar-refractivity contribution in [3.8, 4) is 34.5 Å². The van der Waals surface area contributed by atoms with Gasteiger partial charge in [0, 0.05) is 17.4 Å². The number of oxazole rings is 1. The fourth-order valence-electron chi connectivity index (χ4n) is 2.46. The fourth-order valence-corrected chi connectivity index (χ4v) is 2.46. The maximum atomic E-state index is 5.70. The molecule has 0 spiro atoms. The molecule has 7 heteroatoms. The first kappa shape index (κ1) is 15.7. The van der Waals surface area contributed by atoms with Gasteiger partial charge in [-0.15, -0.1) is 0 Å². The molecule has 4 rings (SSSR count). The van der Waals surface area contributed by atoms with E-state index in [2.05, 4.69) is 15.1 Å². The maximum absolute atomic E-state index is 5.70. The molecular formula is C18H19N3O4. The minimum Gasteiger partial charge on any atom is -0.490 e. The van der Waals surface area contributed by atoms with Crippen LogP contribution >= 0.6 is 0 Å². The van der Waals surface area contributed by atoms with Crippen LogP contribution in [0.15, 0.2) is 33.4 Å². The molecule has 0 N–H and O–H groups in total. The SMILES string of the molecule is CC(C)(C)c1nc(-c2noc(-c3ccc4c(c3)OCCCO4)n2)co1. The van der Waals surface area contributed by atoms with Crippen molar-refractivity contribution in [2.75, 3.05) is 13.2 Å². The Morgan fingerprint density at radius 3 is 2.56 bits per heavy atom. The highest BCUT2D eigenvalue weighted by Gasteiger charge is 2.23. The number of hydrogen-bond acceptors (Lipinski definition) is 7. The topological polar surface area (TPSA) is 83.4 Å². The van der Waals surface area contributed by atoms with Crippen molar-refractivity contribution in [2.24, 2.45) is 0 Å². The summed E-state index contributed by atoms with van der Waals surface area (Å²) in [5.41, 5.74) is 1.14. The second kappa shape index (κ2) is 5.91. The first-order chi connectivity index (χ1) is 12.0. The summed E-state index contributed by atoms with van der Waals surface area (Å²) in [5.74, 6) is 2.83. The first-order valence-corrected chi connectivity index (χ1v) is 8.21. The fraction of sp³-hybridized carbons (Fsp3) is 0.389. The Hall–Kier alpha value is -2.83. The highest BCUT2D eigenvalue weighted by Crippen LogP contribution is 2.34. The van der Waals surface area contributed by atoms with Crippen LogP contribution in [0.4, 0.5) is 0 Å². The van der Waals surface area contributed by atoms with Gasteiger partial charge in [0.05, 0.1) is 13.2 Å². The van der Waals surface area contributed by atoms with Gasteiger partial charge in [-0.2, -0.15) is 4.98 Å². The van der Waals surface area contributed by atoms with Gasteiger partial charge in [0.1, 0.15) is 6.26 Å². The molecule has 0 radical (unpaired) electrons. The molecule has 7 nitrogen and oxygen atoms in total. The van der Waals surface area contributed by atoms with Crippen LogP contribution in [0.1, 0.15) is 33.1 Å². The minimum atomic E-state index is -0.181. The maximum Gasteiger partial charge on any atom is 0.258 e. The summed E-state index contributed by atoms with van der Waals surface area (Å²) < 4.78 is 22.2. The lowest BCUT2D eigenvalue weighted by atomic mass is 9.97. The van der Waals surface area contributed by atoms with Crippen LogP contribution in [0.2, 0.25) is 0 Å². The summed E-state index contributed by atoms with van der Waals surface area (Å²) in [4.78, 5) is 8.87. The standard InChI is InChI=1S/C18H19N3O4/c1-18(2,3)17-19-12(10-24-17)15-20-16(25-21-15)11-5-6-13-14(9-11)23-8-4-7-22-13/h5-6,9-10H,4,7-8H2,1-3H3. The molecule has 0 amide bonds. The number of ether oxygens (including phenoxy) is 2. The summed E-state index contributed by atoms with van der Waals surface area (Å²) in [5, 5.41) is 4.01. The molecule has 0 saturated carbocycles.